The van der Waals surface area contributed by atoms with Gasteiger partial charge < -0.3 is 5.32 Å². The van der Waals surface area contributed by atoms with Crippen molar-refractivity contribution in [2.75, 3.05) is 13.2 Å². The van der Waals surface area contributed by atoms with Gasteiger partial charge in [0.05, 0.1) is 11.6 Å². The molecule has 96 valence electrons. The Labute approximate surface area is 101 Å². The monoisotopic (exact) mass is 271 g/mol. The highest BCUT2D eigenvalue weighted by Gasteiger charge is 2.28. The maximum absolute atomic E-state index is 12.8. The summed E-state index contributed by atoms with van der Waals surface area (Å²) in [5.41, 5.74) is 0.684. The summed E-state index contributed by atoms with van der Waals surface area (Å²) in [5.74, 6) is -0.532. The molecule has 0 aliphatic rings. The standard InChI is InChI=1S/C10H10ClF4NO/c11-8-5-7(1-2-9(8)12)6-16-3-4-17-10(13,14)15/h1-2,5,16H,3-4,6H2. The van der Waals surface area contributed by atoms with Crippen LogP contribution in [0.1, 0.15) is 5.56 Å². The first-order chi connectivity index (χ1) is 7.88. The summed E-state index contributed by atoms with van der Waals surface area (Å²) in [4.78, 5) is 0. The van der Waals surface area contributed by atoms with Crippen LogP contribution in [0, 0.1) is 5.82 Å². The molecule has 0 amide bonds. The van der Waals surface area contributed by atoms with Crippen molar-refractivity contribution in [3.63, 3.8) is 0 Å². The Hall–Kier alpha value is -0.850. The van der Waals surface area contributed by atoms with Crippen LogP contribution in [0.5, 0.6) is 0 Å². The lowest BCUT2D eigenvalue weighted by Crippen LogP contribution is -2.23. The Balaban J connectivity index is 2.25. The molecular weight excluding hydrogens is 262 g/mol. The third kappa shape index (κ3) is 5.86. The molecule has 0 saturated carbocycles. The number of benzene rings is 1. The number of hydrogen-bond acceptors (Lipinski definition) is 2. The summed E-state index contributed by atoms with van der Waals surface area (Å²) >= 11 is 5.54. The van der Waals surface area contributed by atoms with Crippen LogP contribution in [0.4, 0.5) is 17.6 Å². The van der Waals surface area contributed by atoms with Gasteiger partial charge >= 0.3 is 6.36 Å². The average molecular weight is 272 g/mol. The van der Waals surface area contributed by atoms with Gasteiger partial charge in [-0.05, 0) is 17.7 Å². The van der Waals surface area contributed by atoms with Gasteiger partial charge in [-0.3, -0.25) is 4.74 Å². The second kappa shape index (κ2) is 6.18. The minimum Gasteiger partial charge on any atom is -0.310 e. The number of alkyl halides is 3. The zero-order chi connectivity index (χ0) is 12.9. The molecular formula is C10H10ClF4NO. The molecule has 0 radical (unpaired) electrons. The van der Waals surface area contributed by atoms with Crippen LogP contribution in [0.3, 0.4) is 0 Å². The molecule has 0 spiro atoms. The topological polar surface area (TPSA) is 21.3 Å². The minimum atomic E-state index is -4.61. The molecule has 0 heterocycles. The molecule has 0 bridgehead atoms. The Kier molecular flexibility index (Phi) is 5.17. The van der Waals surface area contributed by atoms with E-state index in [0.717, 1.165) is 0 Å². The zero-order valence-corrected chi connectivity index (χ0v) is 9.41. The summed E-state index contributed by atoms with van der Waals surface area (Å²) in [7, 11) is 0. The normalized spacial score (nSPS) is 11.8. The van der Waals surface area contributed by atoms with E-state index in [1.54, 1.807) is 0 Å². The van der Waals surface area contributed by atoms with Crippen molar-refractivity contribution >= 4 is 11.6 Å². The van der Waals surface area contributed by atoms with Crippen molar-refractivity contribution in [2.45, 2.75) is 12.9 Å². The van der Waals surface area contributed by atoms with Gasteiger partial charge in [0.15, 0.2) is 0 Å². The van der Waals surface area contributed by atoms with Crippen molar-refractivity contribution in [2.24, 2.45) is 0 Å². The number of nitrogens with one attached hydrogen (secondary N) is 1. The Morgan fingerprint density at radius 2 is 2.00 bits per heavy atom. The van der Waals surface area contributed by atoms with E-state index >= 15 is 0 Å². The number of ether oxygens (including phenoxy) is 1. The van der Waals surface area contributed by atoms with Gasteiger partial charge in [0, 0.05) is 13.1 Å². The lowest BCUT2D eigenvalue weighted by molar-refractivity contribution is -0.323. The highest BCUT2D eigenvalue weighted by Crippen LogP contribution is 2.16. The fraction of sp³-hybridized carbons (Fsp3) is 0.400. The molecule has 1 aromatic carbocycles. The zero-order valence-electron chi connectivity index (χ0n) is 8.65. The van der Waals surface area contributed by atoms with Gasteiger partial charge in [0.25, 0.3) is 0 Å². The van der Waals surface area contributed by atoms with E-state index in [0.29, 0.717) is 12.1 Å². The largest absolute Gasteiger partial charge is 0.522 e. The molecule has 0 unspecified atom stereocenters. The van der Waals surface area contributed by atoms with E-state index in [2.05, 4.69) is 10.1 Å². The van der Waals surface area contributed by atoms with Crippen molar-refractivity contribution in [1.82, 2.24) is 5.32 Å². The van der Waals surface area contributed by atoms with Crippen LogP contribution in [0.2, 0.25) is 5.02 Å². The van der Waals surface area contributed by atoms with Crippen LogP contribution in [-0.4, -0.2) is 19.5 Å². The molecule has 1 N–H and O–H groups in total. The quantitative estimate of drug-likeness (QED) is 0.656. The van der Waals surface area contributed by atoms with E-state index in [4.69, 9.17) is 11.6 Å². The molecule has 1 aromatic rings. The summed E-state index contributed by atoms with van der Waals surface area (Å²) < 4.78 is 51.1. The van der Waals surface area contributed by atoms with Crippen molar-refractivity contribution in [1.29, 1.82) is 0 Å². The lowest BCUT2D eigenvalue weighted by Gasteiger charge is -2.08. The molecule has 0 atom stereocenters. The highest BCUT2D eigenvalue weighted by molar-refractivity contribution is 6.30. The van der Waals surface area contributed by atoms with E-state index in [-0.39, 0.29) is 11.6 Å². The third-order valence-corrected chi connectivity index (χ3v) is 2.15. The van der Waals surface area contributed by atoms with Crippen LogP contribution < -0.4 is 5.32 Å². The van der Waals surface area contributed by atoms with Gasteiger partial charge in [-0.1, -0.05) is 17.7 Å². The average Bonchev–Trinajstić information content (AvgIpc) is 2.21. The first-order valence-corrected chi connectivity index (χ1v) is 5.11. The maximum Gasteiger partial charge on any atom is 0.522 e. The molecule has 0 aliphatic carbocycles. The molecule has 0 fully saturated rings. The van der Waals surface area contributed by atoms with Gasteiger partial charge in [0.2, 0.25) is 0 Å². The lowest BCUT2D eigenvalue weighted by atomic mass is 10.2. The third-order valence-electron chi connectivity index (χ3n) is 1.86. The Bertz CT molecular complexity index is 370. The van der Waals surface area contributed by atoms with E-state index in [1.165, 1.54) is 18.2 Å². The highest BCUT2D eigenvalue weighted by atomic mass is 35.5. The summed E-state index contributed by atoms with van der Waals surface area (Å²) in [5, 5.41) is 2.70. The van der Waals surface area contributed by atoms with Crippen molar-refractivity contribution < 1.29 is 22.3 Å². The van der Waals surface area contributed by atoms with Gasteiger partial charge in [-0.15, -0.1) is 13.2 Å². The van der Waals surface area contributed by atoms with Crippen LogP contribution >= 0.6 is 11.6 Å². The Morgan fingerprint density at radius 1 is 1.29 bits per heavy atom. The van der Waals surface area contributed by atoms with E-state index < -0.39 is 18.8 Å². The minimum absolute atomic E-state index is 0.0177. The molecule has 7 heteroatoms. The first kappa shape index (κ1) is 14.2. The molecule has 0 saturated heterocycles. The number of rotatable bonds is 5. The predicted molar refractivity (Wildman–Crippen MR) is 55.1 cm³/mol. The molecule has 2 nitrogen and oxygen atoms in total. The number of halogens is 5. The second-order valence-corrected chi connectivity index (χ2v) is 3.63. The summed E-state index contributed by atoms with van der Waals surface area (Å²) in [6.45, 7) is -0.145. The maximum atomic E-state index is 12.8. The Morgan fingerprint density at radius 3 is 2.59 bits per heavy atom. The van der Waals surface area contributed by atoms with Gasteiger partial charge in [0.1, 0.15) is 5.82 Å². The van der Waals surface area contributed by atoms with Crippen LogP contribution in [0.15, 0.2) is 18.2 Å². The smallest absolute Gasteiger partial charge is 0.310 e. The van der Waals surface area contributed by atoms with E-state index in [1.807, 2.05) is 0 Å². The van der Waals surface area contributed by atoms with Gasteiger partial charge in [-0.2, -0.15) is 0 Å². The van der Waals surface area contributed by atoms with Crippen molar-refractivity contribution in [3.8, 4) is 0 Å². The SMILES string of the molecule is Fc1ccc(CNCCOC(F)(F)F)cc1Cl. The molecule has 0 aliphatic heterocycles. The summed E-state index contributed by atoms with van der Waals surface area (Å²) in [6, 6.07) is 4.11. The van der Waals surface area contributed by atoms with Crippen LogP contribution in [-0.2, 0) is 11.3 Å². The predicted octanol–water partition coefficient (Wildman–Crippen LogP) is 3.11. The number of hydrogen-bond donors (Lipinski definition) is 1. The first-order valence-electron chi connectivity index (χ1n) is 4.74. The fourth-order valence-electron chi connectivity index (χ4n) is 1.12. The molecule has 0 aromatic heterocycles. The fourth-order valence-corrected chi connectivity index (χ4v) is 1.32. The molecule has 17 heavy (non-hydrogen) atoms. The van der Waals surface area contributed by atoms with E-state index in [9.17, 15) is 17.6 Å². The van der Waals surface area contributed by atoms with Gasteiger partial charge in [-0.25, -0.2) is 4.39 Å². The second-order valence-electron chi connectivity index (χ2n) is 3.22. The van der Waals surface area contributed by atoms with Crippen LogP contribution in [0.25, 0.3) is 0 Å². The molecule has 1 rings (SSSR count). The summed E-state index contributed by atoms with van der Waals surface area (Å²) in [6.07, 6.45) is -4.61. The van der Waals surface area contributed by atoms with Crippen molar-refractivity contribution in [3.05, 3.63) is 34.6 Å².